The van der Waals surface area contributed by atoms with Gasteiger partial charge >= 0.3 is 6.03 Å². The van der Waals surface area contributed by atoms with Gasteiger partial charge in [0.2, 0.25) is 17.7 Å². The molecule has 29 heavy (non-hydrogen) atoms. The average molecular weight is 400 g/mol. The van der Waals surface area contributed by atoms with Crippen LogP contribution in [0.25, 0.3) is 0 Å². The van der Waals surface area contributed by atoms with Gasteiger partial charge in [-0.3, -0.25) is 19.7 Å². The molecule has 0 bridgehead atoms. The van der Waals surface area contributed by atoms with Gasteiger partial charge < -0.3 is 19.7 Å². The summed E-state index contributed by atoms with van der Waals surface area (Å²) < 4.78 is 0. The first-order valence-corrected chi connectivity index (χ1v) is 10.2. The molecule has 0 atom stereocenters. The SMILES string of the molecule is O=C1CN(CC(=O)N2CCC3(CC2)c2nc[nH]c2CCN3C(=O)C2CC2)C(=O)N1. The summed E-state index contributed by atoms with van der Waals surface area (Å²) in [5.41, 5.74) is 1.55. The number of fused-ring (bicyclic) bond motifs is 2. The van der Waals surface area contributed by atoms with Gasteiger partial charge in [0.1, 0.15) is 13.1 Å². The number of hydrogen-bond acceptors (Lipinski definition) is 5. The van der Waals surface area contributed by atoms with Crippen molar-refractivity contribution in [2.75, 3.05) is 32.7 Å². The van der Waals surface area contributed by atoms with Crippen LogP contribution in [0.3, 0.4) is 0 Å². The van der Waals surface area contributed by atoms with Crippen molar-refractivity contribution < 1.29 is 19.2 Å². The third kappa shape index (κ3) is 2.97. The summed E-state index contributed by atoms with van der Waals surface area (Å²) in [7, 11) is 0. The van der Waals surface area contributed by atoms with E-state index in [1.165, 1.54) is 4.90 Å². The largest absolute Gasteiger partial charge is 0.348 e. The molecule has 1 aromatic rings. The maximum absolute atomic E-state index is 13.0. The number of urea groups is 1. The van der Waals surface area contributed by atoms with Gasteiger partial charge in [0, 0.05) is 37.7 Å². The highest BCUT2D eigenvalue weighted by atomic mass is 16.2. The number of H-pyrrole nitrogens is 1. The second kappa shape index (κ2) is 6.57. The van der Waals surface area contributed by atoms with Crippen LogP contribution in [0, 0.1) is 5.92 Å². The molecule has 1 spiro atoms. The van der Waals surface area contributed by atoms with E-state index in [1.807, 2.05) is 4.90 Å². The Hall–Kier alpha value is -2.91. The molecule has 1 aliphatic carbocycles. The zero-order valence-corrected chi connectivity index (χ0v) is 16.1. The number of nitrogens with zero attached hydrogens (tertiary/aromatic N) is 4. The molecule has 5 amide bonds. The number of amides is 5. The monoisotopic (exact) mass is 400 g/mol. The lowest BCUT2D eigenvalue weighted by Gasteiger charge is -2.50. The molecule has 0 aromatic carbocycles. The number of hydrogen-bond donors (Lipinski definition) is 2. The predicted octanol–water partition coefficient (Wildman–Crippen LogP) is -0.426. The van der Waals surface area contributed by atoms with Crippen molar-refractivity contribution in [2.45, 2.75) is 37.6 Å². The summed E-state index contributed by atoms with van der Waals surface area (Å²) >= 11 is 0. The van der Waals surface area contributed by atoms with E-state index in [2.05, 4.69) is 15.3 Å². The highest BCUT2D eigenvalue weighted by molar-refractivity contribution is 6.03. The minimum absolute atomic E-state index is 0.0807. The number of likely N-dealkylation sites (tertiary alicyclic amines) is 1. The van der Waals surface area contributed by atoms with Gasteiger partial charge in [-0.25, -0.2) is 9.78 Å². The number of aromatic nitrogens is 2. The Morgan fingerprint density at radius 2 is 1.93 bits per heavy atom. The average Bonchev–Trinajstić information content (AvgIpc) is 3.35. The maximum atomic E-state index is 13.0. The number of imidazole rings is 1. The topological polar surface area (TPSA) is 119 Å². The summed E-state index contributed by atoms with van der Waals surface area (Å²) in [6.07, 6.45) is 5.63. The van der Waals surface area contributed by atoms with E-state index in [1.54, 1.807) is 11.2 Å². The van der Waals surface area contributed by atoms with E-state index in [0.29, 0.717) is 32.5 Å². The van der Waals surface area contributed by atoms with E-state index < -0.39 is 11.6 Å². The first-order valence-electron chi connectivity index (χ1n) is 10.2. The lowest BCUT2D eigenvalue weighted by Crippen LogP contribution is -2.59. The second-order valence-electron chi connectivity index (χ2n) is 8.37. The fraction of sp³-hybridized carbons (Fsp3) is 0.632. The van der Waals surface area contributed by atoms with Gasteiger partial charge in [0.15, 0.2) is 0 Å². The number of imide groups is 1. The van der Waals surface area contributed by atoms with Crippen molar-refractivity contribution in [1.82, 2.24) is 30.0 Å². The summed E-state index contributed by atoms with van der Waals surface area (Å²) in [5.74, 6) is -0.213. The van der Waals surface area contributed by atoms with Crippen LogP contribution < -0.4 is 5.32 Å². The highest BCUT2D eigenvalue weighted by Crippen LogP contribution is 2.45. The molecule has 1 aromatic heterocycles. The summed E-state index contributed by atoms with van der Waals surface area (Å²) in [6.45, 7) is 1.46. The second-order valence-corrected chi connectivity index (χ2v) is 8.37. The van der Waals surface area contributed by atoms with Crippen molar-refractivity contribution in [2.24, 2.45) is 5.92 Å². The highest BCUT2D eigenvalue weighted by Gasteiger charge is 2.51. The quantitative estimate of drug-likeness (QED) is 0.668. The van der Waals surface area contributed by atoms with Crippen LogP contribution in [0.2, 0.25) is 0 Å². The lowest BCUT2D eigenvalue weighted by atomic mass is 9.78. The first-order chi connectivity index (χ1) is 14.0. The third-order valence-electron chi connectivity index (χ3n) is 6.59. The maximum Gasteiger partial charge on any atom is 0.325 e. The predicted molar refractivity (Wildman–Crippen MR) is 99.3 cm³/mol. The number of carbonyl (C=O) groups excluding carboxylic acids is 4. The number of rotatable bonds is 3. The molecule has 4 aliphatic rings. The van der Waals surface area contributed by atoms with Gasteiger partial charge in [-0.2, -0.15) is 0 Å². The van der Waals surface area contributed by atoms with Crippen LogP contribution >= 0.6 is 0 Å². The Morgan fingerprint density at radius 1 is 1.17 bits per heavy atom. The van der Waals surface area contributed by atoms with Crippen LogP contribution in [-0.4, -0.2) is 81.1 Å². The zero-order chi connectivity index (χ0) is 20.2. The lowest BCUT2D eigenvalue weighted by molar-refractivity contribution is -0.145. The number of nitrogens with one attached hydrogen (secondary N) is 2. The van der Waals surface area contributed by atoms with Crippen molar-refractivity contribution in [3.8, 4) is 0 Å². The summed E-state index contributed by atoms with van der Waals surface area (Å²) in [4.78, 5) is 61.5. The molecule has 0 radical (unpaired) electrons. The van der Waals surface area contributed by atoms with E-state index in [4.69, 9.17) is 0 Å². The Balaban J connectivity index is 1.32. The van der Waals surface area contributed by atoms with Crippen molar-refractivity contribution >= 4 is 23.8 Å². The van der Waals surface area contributed by atoms with Crippen LogP contribution in [-0.2, 0) is 26.3 Å². The molecule has 2 saturated heterocycles. The molecule has 10 nitrogen and oxygen atoms in total. The first kappa shape index (κ1) is 18.1. The summed E-state index contributed by atoms with van der Waals surface area (Å²) in [6, 6.07) is -0.522. The van der Waals surface area contributed by atoms with Crippen molar-refractivity contribution in [3.63, 3.8) is 0 Å². The molecule has 3 fully saturated rings. The van der Waals surface area contributed by atoms with Crippen LogP contribution in [0.15, 0.2) is 6.33 Å². The molecule has 10 heteroatoms. The van der Waals surface area contributed by atoms with Crippen molar-refractivity contribution in [1.29, 1.82) is 0 Å². The third-order valence-corrected chi connectivity index (χ3v) is 6.59. The molecule has 0 unspecified atom stereocenters. The fourth-order valence-corrected chi connectivity index (χ4v) is 4.86. The van der Waals surface area contributed by atoms with Gasteiger partial charge in [0.05, 0.1) is 17.6 Å². The Morgan fingerprint density at radius 3 is 2.59 bits per heavy atom. The standard InChI is InChI=1S/C19H24N6O4/c26-14-9-24(18(29)22-14)10-15(27)23-7-4-19(5-8-23)16-13(20-11-21-16)3-6-25(19)17(28)12-1-2-12/h11-12H,1-10H2,(H,20,21)(H,22,26,29). The normalized spacial score (nSPS) is 23.4. The van der Waals surface area contributed by atoms with E-state index in [-0.39, 0.29) is 36.7 Å². The Bertz CT molecular complexity index is 883. The van der Waals surface area contributed by atoms with Crippen LogP contribution in [0.5, 0.6) is 0 Å². The molecular formula is C19H24N6O4. The van der Waals surface area contributed by atoms with Crippen molar-refractivity contribution in [3.05, 3.63) is 17.7 Å². The van der Waals surface area contributed by atoms with E-state index in [0.717, 1.165) is 30.7 Å². The molecule has 1 saturated carbocycles. The Kier molecular flexibility index (Phi) is 4.11. The van der Waals surface area contributed by atoms with Gasteiger partial charge in [0.25, 0.3) is 0 Å². The minimum atomic E-state index is -0.522. The smallest absolute Gasteiger partial charge is 0.325 e. The van der Waals surface area contributed by atoms with E-state index in [9.17, 15) is 19.2 Å². The minimum Gasteiger partial charge on any atom is -0.348 e. The van der Waals surface area contributed by atoms with Gasteiger partial charge in [-0.1, -0.05) is 0 Å². The number of piperidine rings is 1. The van der Waals surface area contributed by atoms with Crippen LogP contribution in [0.1, 0.15) is 37.1 Å². The summed E-state index contributed by atoms with van der Waals surface area (Å²) in [5, 5.41) is 2.19. The van der Waals surface area contributed by atoms with Gasteiger partial charge in [-0.05, 0) is 25.7 Å². The number of aromatic amines is 1. The molecule has 3 aliphatic heterocycles. The number of carbonyl (C=O) groups is 4. The Labute approximate surface area is 167 Å². The molecular weight excluding hydrogens is 376 g/mol. The fourth-order valence-electron chi connectivity index (χ4n) is 4.86. The molecule has 2 N–H and O–H groups in total. The molecule has 4 heterocycles. The molecule has 5 rings (SSSR count). The van der Waals surface area contributed by atoms with Gasteiger partial charge in [-0.15, -0.1) is 0 Å². The van der Waals surface area contributed by atoms with E-state index >= 15 is 0 Å². The van der Waals surface area contributed by atoms with Crippen LogP contribution in [0.4, 0.5) is 4.79 Å². The zero-order valence-electron chi connectivity index (χ0n) is 16.1. The molecule has 154 valence electrons.